The molecule has 0 fully saturated rings. The molecule has 0 aliphatic heterocycles. The van der Waals surface area contributed by atoms with Crippen molar-refractivity contribution >= 4 is 22.7 Å². The maximum absolute atomic E-state index is 9.86. The number of aliphatic carboxylic acids is 1. The summed E-state index contributed by atoms with van der Waals surface area (Å²) in [5, 5.41) is 12.1. The average molecular weight is 275 g/mol. The first-order valence-corrected chi connectivity index (χ1v) is 6.34. The third kappa shape index (κ3) is 4.68. The van der Waals surface area contributed by atoms with E-state index >= 15 is 0 Å². The lowest BCUT2D eigenvalue weighted by Crippen LogP contribution is -2.33. The molecule has 0 saturated heterocycles. The van der Waals surface area contributed by atoms with Gasteiger partial charge in [-0.15, -0.1) is 0 Å². The topological polar surface area (TPSA) is 70.3 Å². The summed E-state index contributed by atoms with van der Waals surface area (Å²) in [7, 11) is 0. The van der Waals surface area contributed by atoms with Gasteiger partial charge in [-0.25, -0.2) is 9.36 Å². The van der Waals surface area contributed by atoms with Crippen LogP contribution >= 0.6 is 0 Å². The van der Waals surface area contributed by atoms with Crippen LogP contribution in [0.25, 0.3) is 10.8 Å². The molecule has 0 aliphatic carbocycles. The normalized spacial score (nSPS) is 9.50. The van der Waals surface area contributed by atoms with Gasteiger partial charge < -0.3 is 14.6 Å². The van der Waals surface area contributed by atoms with Crippen LogP contribution < -0.4 is 9.67 Å². The monoisotopic (exact) mass is 275 g/mol. The number of nitrogens with zero attached hydrogens (tertiary/aromatic N) is 1. The molecule has 1 heterocycles. The first kappa shape index (κ1) is 15.6. The molecule has 0 atom stereocenters. The Bertz CT molecular complexity index is 595. The van der Waals surface area contributed by atoms with E-state index < -0.39 is 11.9 Å². The van der Waals surface area contributed by atoms with E-state index in [0.29, 0.717) is 0 Å². The second-order valence-electron chi connectivity index (χ2n) is 3.91. The fraction of sp³-hybridized carbons (Fsp3) is 0.267. The molecule has 0 N–H and O–H groups in total. The Labute approximate surface area is 117 Å². The summed E-state index contributed by atoms with van der Waals surface area (Å²) in [5.41, 5.74) is 0. The van der Waals surface area contributed by atoms with Gasteiger partial charge in [-0.1, -0.05) is 18.2 Å². The van der Waals surface area contributed by atoms with E-state index in [0.717, 1.165) is 6.54 Å². The van der Waals surface area contributed by atoms with Gasteiger partial charge in [-0.2, -0.15) is 0 Å². The van der Waals surface area contributed by atoms with Crippen molar-refractivity contribution in [2.75, 3.05) is 6.61 Å². The summed E-state index contributed by atoms with van der Waals surface area (Å²) in [4.78, 5) is 19.4. The zero-order valence-corrected chi connectivity index (χ0v) is 11.5. The van der Waals surface area contributed by atoms with Gasteiger partial charge >= 0.3 is 5.97 Å². The molecule has 5 nitrogen and oxygen atoms in total. The number of benzene rings is 1. The molecule has 0 bridgehead atoms. The summed E-state index contributed by atoms with van der Waals surface area (Å²) in [6.45, 7) is 4.76. The molecule has 106 valence electrons. The minimum atomic E-state index is -1.80. The number of rotatable bonds is 2. The van der Waals surface area contributed by atoms with Crippen LogP contribution in [0, 0.1) is 0 Å². The smallest absolute Gasteiger partial charge is 0.354 e. The number of hydrogen-bond acceptors (Lipinski definition) is 4. The lowest BCUT2D eigenvalue weighted by Gasteiger charge is -1.98. The maximum atomic E-state index is 9.86. The van der Waals surface area contributed by atoms with Gasteiger partial charge in [0.05, 0.1) is 6.61 Å². The minimum absolute atomic E-state index is 0.0623. The second kappa shape index (κ2) is 7.89. The molecule has 0 unspecified atom stereocenters. The van der Waals surface area contributed by atoms with Crippen LogP contribution in [-0.4, -0.2) is 18.5 Å². The molecule has 0 saturated carbocycles. The van der Waals surface area contributed by atoms with Gasteiger partial charge in [-0.3, -0.25) is 0 Å². The number of fused-ring (bicyclic) bond motifs is 1. The minimum Gasteiger partial charge on any atom is -0.539 e. The van der Waals surface area contributed by atoms with Crippen LogP contribution in [0.15, 0.2) is 42.7 Å². The Morgan fingerprint density at radius 1 is 1.15 bits per heavy atom. The van der Waals surface area contributed by atoms with Crippen LogP contribution in [0.4, 0.5) is 0 Å². The van der Waals surface area contributed by atoms with Gasteiger partial charge in [0.15, 0.2) is 18.4 Å². The molecule has 20 heavy (non-hydrogen) atoms. The summed E-state index contributed by atoms with van der Waals surface area (Å²) in [5.74, 6) is -3.11. The van der Waals surface area contributed by atoms with Gasteiger partial charge in [0.2, 0.25) is 0 Å². The van der Waals surface area contributed by atoms with E-state index in [1.54, 1.807) is 0 Å². The molecule has 1 aromatic carbocycles. The first-order valence-electron chi connectivity index (χ1n) is 6.34. The van der Waals surface area contributed by atoms with Crippen LogP contribution in [0.2, 0.25) is 0 Å². The molecular formula is C15H17NO4. The molecule has 2 aromatic rings. The fourth-order valence-corrected chi connectivity index (χ4v) is 1.56. The van der Waals surface area contributed by atoms with Gasteiger partial charge in [0, 0.05) is 11.5 Å². The third-order valence-electron chi connectivity index (χ3n) is 2.55. The summed E-state index contributed by atoms with van der Waals surface area (Å²) in [6, 6.07) is 10.6. The number of carboxylic acids is 1. The van der Waals surface area contributed by atoms with Crippen LogP contribution in [-0.2, 0) is 20.9 Å². The van der Waals surface area contributed by atoms with Crippen LogP contribution in [0.5, 0.6) is 0 Å². The predicted molar refractivity (Wildman–Crippen MR) is 71.5 cm³/mol. The van der Waals surface area contributed by atoms with E-state index in [2.05, 4.69) is 59.0 Å². The molecule has 1 aromatic heterocycles. The van der Waals surface area contributed by atoms with Crippen molar-refractivity contribution in [1.82, 2.24) is 0 Å². The van der Waals surface area contributed by atoms with Gasteiger partial charge in [0.25, 0.3) is 0 Å². The SMILES string of the molecule is CCOC(=O)C(=O)[O-].CC[n+]1ccc2ccccc2c1. The Hall–Kier alpha value is -2.43. The highest BCUT2D eigenvalue weighted by Gasteiger charge is 1.98. The van der Waals surface area contributed by atoms with E-state index in [-0.39, 0.29) is 6.61 Å². The van der Waals surface area contributed by atoms with E-state index in [1.807, 2.05) is 0 Å². The number of carboxylic acid groups (broad SMARTS) is 1. The van der Waals surface area contributed by atoms with E-state index in [1.165, 1.54) is 17.7 Å². The zero-order chi connectivity index (χ0) is 15.0. The largest absolute Gasteiger partial charge is 0.539 e. The molecule has 0 amide bonds. The first-order chi connectivity index (χ1) is 9.58. The van der Waals surface area contributed by atoms with Crippen molar-refractivity contribution in [2.45, 2.75) is 20.4 Å². The number of pyridine rings is 1. The summed E-state index contributed by atoms with van der Waals surface area (Å²) in [6.07, 6.45) is 4.29. The summed E-state index contributed by atoms with van der Waals surface area (Å²) >= 11 is 0. The Morgan fingerprint density at radius 2 is 1.80 bits per heavy atom. The second-order valence-corrected chi connectivity index (χ2v) is 3.91. The number of aryl methyl sites for hydroxylation is 1. The van der Waals surface area contributed by atoms with Gasteiger partial charge in [-0.05, 0) is 25.3 Å². The van der Waals surface area contributed by atoms with Crippen molar-refractivity contribution in [3.63, 3.8) is 0 Å². The Morgan fingerprint density at radius 3 is 2.30 bits per heavy atom. The highest BCUT2D eigenvalue weighted by atomic mass is 16.6. The maximum Gasteiger partial charge on any atom is 0.354 e. The van der Waals surface area contributed by atoms with E-state index in [9.17, 15) is 14.7 Å². The molecule has 0 radical (unpaired) electrons. The van der Waals surface area contributed by atoms with Gasteiger partial charge in [0.1, 0.15) is 6.54 Å². The predicted octanol–water partition coefficient (Wildman–Crippen LogP) is 0.447. The van der Waals surface area contributed by atoms with E-state index in [4.69, 9.17) is 0 Å². The Balaban J connectivity index is 0.000000221. The van der Waals surface area contributed by atoms with Crippen molar-refractivity contribution in [1.29, 1.82) is 0 Å². The standard InChI is InChI=1S/C11H12N.C4H6O4/c1-2-12-8-7-10-5-3-4-6-11(10)9-12;1-2-8-4(7)3(5)6/h3-9H,2H2,1H3;2H2,1H3,(H,5,6)/q+1;/p-1. The average Bonchev–Trinajstić information content (AvgIpc) is 2.47. The lowest BCUT2D eigenvalue weighted by molar-refractivity contribution is -0.692. The number of ether oxygens (including phenoxy) is 1. The Kier molecular flexibility index (Phi) is 6.16. The number of aromatic nitrogens is 1. The molecule has 2 rings (SSSR count). The molecular weight excluding hydrogens is 258 g/mol. The quantitative estimate of drug-likeness (QED) is 0.453. The highest BCUT2D eigenvalue weighted by molar-refractivity contribution is 6.27. The molecule has 0 spiro atoms. The molecule has 5 heteroatoms. The van der Waals surface area contributed by atoms with Crippen molar-refractivity contribution in [3.05, 3.63) is 42.7 Å². The zero-order valence-electron chi connectivity index (χ0n) is 11.5. The number of esters is 1. The fourth-order valence-electron chi connectivity index (χ4n) is 1.56. The number of carbonyl (C=O) groups excluding carboxylic acids is 2. The van der Waals surface area contributed by atoms with Crippen LogP contribution in [0.3, 0.4) is 0 Å². The van der Waals surface area contributed by atoms with Crippen molar-refractivity contribution in [3.8, 4) is 0 Å². The number of hydrogen-bond donors (Lipinski definition) is 0. The van der Waals surface area contributed by atoms with Crippen LogP contribution in [0.1, 0.15) is 13.8 Å². The van der Waals surface area contributed by atoms with Crippen molar-refractivity contribution in [2.24, 2.45) is 0 Å². The lowest BCUT2D eigenvalue weighted by atomic mass is 10.2. The van der Waals surface area contributed by atoms with Crippen molar-refractivity contribution < 1.29 is 24.0 Å². The number of carbonyl (C=O) groups is 2. The molecule has 0 aliphatic rings. The highest BCUT2D eigenvalue weighted by Crippen LogP contribution is 2.09. The third-order valence-corrected chi connectivity index (χ3v) is 2.55. The summed E-state index contributed by atoms with van der Waals surface area (Å²) < 4.78 is 6.19.